The van der Waals surface area contributed by atoms with Gasteiger partial charge in [-0.2, -0.15) is 0 Å². The molecule has 140 valence electrons. The van der Waals surface area contributed by atoms with Gasteiger partial charge in [0.2, 0.25) is 0 Å². The van der Waals surface area contributed by atoms with Crippen molar-refractivity contribution < 1.29 is 13.3 Å². The average molecular weight is 404 g/mol. The fourth-order valence-corrected chi connectivity index (χ4v) is 3.96. The van der Waals surface area contributed by atoms with E-state index in [0.29, 0.717) is 16.5 Å². The van der Waals surface area contributed by atoms with E-state index < -0.39 is 14.8 Å². The van der Waals surface area contributed by atoms with E-state index in [2.05, 4.69) is 10.2 Å². The molecule has 0 aliphatic rings. The van der Waals surface area contributed by atoms with Gasteiger partial charge in [0, 0.05) is 25.8 Å². The van der Waals surface area contributed by atoms with Crippen LogP contribution >= 0.6 is 11.8 Å². The maximum Gasteiger partial charge on any atom is 0.284 e. The zero-order valence-corrected chi connectivity index (χ0v) is 16.2. The molecule has 0 atom stereocenters. The van der Waals surface area contributed by atoms with Gasteiger partial charge in [-0.1, -0.05) is 30.3 Å². The summed E-state index contributed by atoms with van der Waals surface area (Å²) >= 11 is 1.07. The van der Waals surface area contributed by atoms with Crippen molar-refractivity contribution in [3.63, 3.8) is 0 Å². The van der Waals surface area contributed by atoms with Crippen LogP contribution in [0.3, 0.4) is 0 Å². The first-order chi connectivity index (χ1) is 12.8. The summed E-state index contributed by atoms with van der Waals surface area (Å²) in [6, 6.07) is 13.6. The second-order valence-corrected chi connectivity index (χ2v) is 8.91. The molecule has 0 N–H and O–H groups in total. The molecule has 0 fully saturated rings. The van der Waals surface area contributed by atoms with E-state index in [9.17, 15) is 18.5 Å². The highest BCUT2D eigenvalue weighted by molar-refractivity contribution is 7.99. The molecule has 27 heavy (non-hydrogen) atoms. The predicted octanol–water partition coefficient (Wildman–Crippen LogP) is 2.87. The van der Waals surface area contributed by atoms with Gasteiger partial charge >= 0.3 is 0 Å². The van der Waals surface area contributed by atoms with Gasteiger partial charge in [0.05, 0.1) is 14.7 Å². The Morgan fingerprint density at radius 3 is 2.48 bits per heavy atom. The molecule has 0 aliphatic heterocycles. The number of hydrogen-bond acceptors (Lipinski definition) is 7. The van der Waals surface area contributed by atoms with Crippen molar-refractivity contribution in [2.24, 2.45) is 7.05 Å². The van der Waals surface area contributed by atoms with Crippen LogP contribution < -0.4 is 0 Å². The lowest BCUT2D eigenvalue weighted by Gasteiger charge is -2.06. The van der Waals surface area contributed by atoms with E-state index in [-0.39, 0.29) is 10.6 Å². The molecule has 3 aromatic rings. The zero-order chi connectivity index (χ0) is 19.6. The molecule has 0 spiro atoms. The van der Waals surface area contributed by atoms with Crippen LogP contribution in [0.1, 0.15) is 11.4 Å². The van der Waals surface area contributed by atoms with E-state index in [4.69, 9.17) is 0 Å². The largest absolute Gasteiger partial charge is 0.309 e. The SMILES string of the molecule is Cn1c(Cc2ccccc2)nnc1Sc1ccc(S(C)(=O)=O)cc1[N+](=O)[O-]. The Balaban J connectivity index is 1.91. The summed E-state index contributed by atoms with van der Waals surface area (Å²) in [5.41, 5.74) is 0.795. The Labute approximate surface area is 160 Å². The molecule has 1 aromatic heterocycles. The van der Waals surface area contributed by atoms with E-state index in [1.165, 1.54) is 12.1 Å². The second-order valence-electron chi connectivity index (χ2n) is 5.88. The molecule has 2 aromatic carbocycles. The molecule has 0 bridgehead atoms. The van der Waals surface area contributed by atoms with Gasteiger partial charge in [0.25, 0.3) is 5.69 Å². The van der Waals surface area contributed by atoms with Crippen molar-refractivity contribution in [3.8, 4) is 0 Å². The van der Waals surface area contributed by atoms with Crippen LogP contribution in [0, 0.1) is 10.1 Å². The van der Waals surface area contributed by atoms with Crippen molar-refractivity contribution in [1.82, 2.24) is 14.8 Å². The minimum absolute atomic E-state index is 0.0960. The smallest absolute Gasteiger partial charge is 0.284 e. The van der Waals surface area contributed by atoms with E-state index in [1.54, 1.807) is 11.6 Å². The first kappa shape index (κ1) is 19.1. The summed E-state index contributed by atoms with van der Waals surface area (Å²) in [4.78, 5) is 11.0. The number of hydrogen-bond donors (Lipinski definition) is 0. The topological polar surface area (TPSA) is 108 Å². The minimum Gasteiger partial charge on any atom is -0.309 e. The van der Waals surface area contributed by atoms with E-state index in [0.717, 1.165) is 35.5 Å². The van der Waals surface area contributed by atoms with Crippen molar-refractivity contribution in [1.29, 1.82) is 0 Å². The Morgan fingerprint density at radius 2 is 1.85 bits per heavy atom. The van der Waals surface area contributed by atoms with Gasteiger partial charge in [-0.15, -0.1) is 10.2 Å². The summed E-state index contributed by atoms with van der Waals surface area (Å²) in [5, 5.41) is 20.1. The van der Waals surface area contributed by atoms with Gasteiger partial charge in [0.15, 0.2) is 15.0 Å². The van der Waals surface area contributed by atoms with Gasteiger partial charge in [-0.25, -0.2) is 8.42 Å². The van der Waals surface area contributed by atoms with Crippen LogP contribution in [-0.2, 0) is 23.3 Å². The molecule has 0 aliphatic carbocycles. The second kappa shape index (κ2) is 7.49. The average Bonchev–Trinajstić information content (AvgIpc) is 2.95. The number of sulfone groups is 1. The van der Waals surface area contributed by atoms with Crippen LogP contribution in [0.2, 0.25) is 0 Å². The van der Waals surface area contributed by atoms with Gasteiger partial charge in [-0.3, -0.25) is 10.1 Å². The summed E-state index contributed by atoms with van der Waals surface area (Å²) in [6.07, 6.45) is 1.59. The quantitative estimate of drug-likeness (QED) is 0.459. The van der Waals surface area contributed by atoms with Crippen molar-refractivity contribution in [3.05, 3.63) is 70.0 Å². The van der Waals surface area contributed by atoms with Gasteiger partial charge < -0.3 is 4.57 Å². The number of nitrogens with zero attached hydrogens (tertiary/aromatic N) is 4. The summed E-state index contributed by atoms with van der Waals surface area (Å²) in [6.45, 7) is 0. The Hall–Kier alpha value is -2.72. The van der Waals surface area contributed by atoms with E-state index >= 15 is 0 Å². The molecule has 3 rings (SSSR count). The summed E-state index contributed by atoms with van der Waals surface area (Å²) in [7, 11) is -1.74. The standard InChI is InChI=1S/C17H16N4O4S2/c1-20-16(10-12-6-4-3-5-7-12)18-19-17(20)26-15-9-8-13(27(2,24)25)11-14(15)21(22)23/h3-9,11H,10H2,1-2H3. The summed E-state index contributed by atoms with van der Waals surface area (Å²) < 4.78 is 25.1. The number of benzene rings is 2. The molecule has 0 amide bonds. The molecule has 0 saturated carbocycles. The maximum absolute atomic E-state index is 11.7. The van der Waals surface area contributed by atoms with Crippen molar-refractivity contribution in [2.45, 2.75) is 21.4 Å². The lowest BCUT2D eigenvalue weighted by Crippen LogP contribution is -2.01. The molecule has 0 saturated heterocycles. The fraction of sp³-hybridized carbons (Fsp3) is 0.176. The highest BCUT2D eigenvalue weighted by Gasteiger charge is 2.21. The maximum atomic E-state index is 11.7. The van der Waals surface area contributed by atoms with Gasteiger partial charge in [0.1, 0.15) is 5.82 Å². The highest BCUT2D eigenvalue weighted by atomic mass is 32.2. The number of nitro groups is 1. The van der Waals surface area contributed by atoms with Crippen LogP contribution in [0.5, 0.6) is 0 Å². The number of aromatic nitrogens is 3. The van der Waals surface area contributed by atoms with Crippen LogP contribution in [0.15, 0.2) is 63.5 Å². The zero-order valence-electron chi connectivity index (χ0n) is 14.6. The Kier molecular flexibility index (Phi) is 5.29. The number of rotatable bonds is 6. The van der Waals surface area contributed by atoms with Crippen LogP contribution in [0.4, 0.5) is 5.69 Å². The number of nitro benzene ring substituents is 1. The lowest BCUT2D eigenvalue weighted by atomic mass is 10.1. The third-order valence-electron chi connectivity index (χ3n) is 3.89. The third-order valence-corrected chi connectivity index (χ3v) is 6.10. The normalized spacial score (nSPS) is 11.5. The van der Waals surface area contributed by atoms with Crippen molar-refractivity contribution in [2.75, 3.05) is 6.26 Å². The molecule has 0 unspecified atom stereocenters. The molecule has 10 heteroatoms. The van der Waals surface area contributed by atoms with Crippen molar-refractivity contribution >= 4 is 27.3 Å². The van der Waals surface area contributed by atoms with Crippen LogP contribution in [-0.4, -0.2) is 34.4 Å². The molecule has 1 heterocycles. The van der Waals surface area contributed by atoms with E-state index in [1.807, 2.05) is 30.3 Å². The summed E-state index contributed by atoms with van der Waals surface area (Å²) in [5.74, 6) is 0.721. The third kappa shape index (κ3) is 4.34. The Morgan fingerprint density at radius 1 is 1.15 bits per heavy atom. The predicted molar refractivity (Wildman–Crippen MR) is 101 cm³/mol. The fourth-order valence-electron chi connectivity index (χ4n) is 2.42. The molecular weight excluding hydrogens is 388 g/mol. The molecular formula is C17H16N4O4S2. The minimum atomic E-state index is -3.53. The highest BCUT2D eigenvalue weighted by Crippen LogP contribution is 2.35. The lowest BCUT2D eigenvalue weighted by molar-refractivity contribution is -0.388. The first-order valence-corrected chi connectivity index (χ1v) is 10.5. The van der Waals surface area contributed by atoms with Crippen LogP contribution in [0.25, 0.3) is 0 Å². The molecule has 0 radical (unpaired) electrons. The first-order valence-electron chi connectivity index (χ1n) is 7.84. The molecule has 8 nitrogen and oxygen atoms in total. The van der Waals surface area contributed by atoms with Gasteiger partial charge in [-0.05, 0) is 29.5 Å². The monoisotopic (exact) mass is 404 g/mol. The Bertz CT molecular complexity index is 1100.